The Hall–Kier alpha value is -1.33. The molecule has 0 spiro atoms. The molecule has 2 heterocycles. The Morgan fingerprint density at radius 3 is 3.00 bits per heavy atom. The molecule has 4 nitrogen and oxygen atoms in total. The van der Waals surface area contributed by atoms with Crippen molar-refractivity contribution in [3.05, 3.63) is 46.5 Å². The predicted octanol–water partition coefficient (Wildman–Crippen LogP) is 3.54. The quantitative estimate of drug-likeness (QED) is 0.913. The van der Waals surface area contributed by atoms with Crippen LogP contribution in [0.15, 0.2) is 35.2 Å². The van der Waals surface area contributed by atoms with Gasteiger partial charge >= 0.3 is 0 Å². The van der Waals surface area contributed by atoms with Gasteiger partial charge in [0.25, 0.3) is 0 Å². The Kier molecular flexibility index (Phi) is 2.86. The number of rotatable bonds is 2. The summed E-state index contributed by atoms with van der Waals surface area (Å²) in [5.41, 5.74) is 1.92. The summed E-state index contributed by atoms with van der Waals surface area (Å²) < 4.78 is 9.23. The molecule has 0 radical (unpaired) electrons. The number of aliphatic hydroxyl groups is 1. The van der Waals surface area contributed by atoms with Crippen molar-refractivity contribution in [2.45, 2.75) is 37.5 Å². The van der Waals surface area contributed by atoms with Crippen molar-refractivity contribution in [1.82, 2.24) is 9.55 Å². The molecule has 20 heavy (non-hydrogen) atoms. The third-order valence-electron chi connectivity index (χ3n) is 4.00. The summed E-state index contributed by atoms with van der Waals surface area (Å²) >= 11 is 3.43. The molecule has 0 amide bonds. The van der Waals surface area contributed by atoms with E-state index in [9.17, 15) is 5.11 Å². The zero-order valence-electron chi connectivity index (χ0n) is 10.9. The highest BCUT2D eigenvalue weighted by Gasteiger charge is 2.33. The molecule has 1 aromatic heterocycles. The van der Waals surface area contributed by atoms with Crippen LogP contribution in [0.2, 0.25) is 0 Å². The van der Waals surface area contributed by atoms with Gasteiger partial charge in [-0.1, -0.05) is 15.9 Å². The molecule has 4 rings (SSSR count). The minimum absolute atomic E-state index is 0.123. The molecular formula is C15H15BrN2O2. The van der Waals surface area contributed by atoms with Crippen LogP contribution in [0.5, 0.6) is 5.75 Å². The van der Waals surface area contributed by atoms with E-state index in [1.807, 2.05) is 30.7 Å². The lowest BCUT2D eigenvalue weighted by Gasteiger charge is -2.30. The molecule has 1 aliphatic heterocycles. The van der Waals surface area contributed by atoms with Gasteiger partial charge in [-0.15, -0.1) is 0 Å². The Bertz CT molecular complexity index is 651. The van der Waals surface area contributed by atoms with Gasteiger partial charge in [0.1, 0.15) is 11.9 Å². The molecule has 104 valence electrons. The molecule has 1 aromatic carbocycles. The molecule has 1 saturated carbocycles. The first-order valence-corrected chi connectivity index (χ1v) is 7.67. The van der Waals surface area contributed by atoms with Gasteiger partial charge < -0.3 is 14.4 Å². The number of imidazole rings is 1. The van der Waals surface area contributed by atoms with E-state index in [2.05, 4.69) is 25.5 Å². The fraction of sp³-hybridized carbons (Fsp3) is 0.400. The molecule has 1 unspecified atom stereocenters. The molecule has 2 atom stereocenters. The fourth-order valence-electron chi connectivity index (χ4n) is 2.82. The van der Waals surface area contributed by atoms with Gasteiger partial charge in [-0.25, -0.2) is 4.98 Å². The van der Waals surface area contributed by atoms with E-state index in [0.717, 1.165) is 21.5 Å². The van der Waals surface area contributed by atoms with Crippen LogP contribution in [0.25, 0.3) is 0 Å². The van der Waals surface area contributed by atoms with Gasteiger partial charge in [-0.05, 0) is 31.0 Å². The summed E-state index contributed by atoms with van der Waals surface area (Å²) in [6.07, 6.45) is 6.11. The molecular weight excluding hydrogens is 320 g/mol. The second-order valence-electron chi connectivity index (χ2n) is 5.50. The third kappa shape index (κ3) is 2.05. The van der Waals surface area contributed by atoms with E-state index in [1.54, 1.807) is 0 Å². The van der Waals surface area contributed by atoms with Crippen molar-refractivity contribution in [3.63, 3.8) is 0 Å². The van der Waals surface area contributed by atoms with Crippen LogP contribution in [0.4, 0.5) is 0 Å². The summed E-state index contributed by atoms with van der Waals surface area (Å²) in [6.45, 7) is 0. The number of halogens is 1. The van der Waals surface area contributed by atoms with Crippen LogP contribution in [0.3, 0.4) is 0 Å². The Morgan fingerprint density at radius 2 is 2.20 bits per heavy atom. The van der Waals surface area contributed by atoms with E-state index in [0.29, 0.717) is 12.5 Å². The first-order valence-electron chi connectivity index (χ1n) is 6.88. The lowest BCUT2D eigenvalue weighted by Crippen LogP contribution is -2.21. The fourth-order valence-corrected chi connectivity index (χ4v) is 3.20. The first-order chi connectivity index (χ1) is 9.72. The Morgan fingerprint density at radius 1 is 1.35 bits per heavy atom. The SMILES string of the molecule is O[C@@H]1CC(c2cncn2C2CC2)Oc2ccc(Br)cc21. The van der Waals surface area contributed by atoms with Gasteiger partial charge in [0.2, 0.25) is 0 Å². The van der Waals surface area contributed by atoms with E-state index in [-0.39, 0.29) is 6.10 Å². The average molecular weight is 335 g/mol. The maximum absolute atomic E-state index is 10.4. The zero-order chi connectivity index (χ0) is 13.7. The largest absolute Gasteiger partial charge is 0.484 e. The van der Waals surface area contributed by atoms with E-state index >= 15 is 0 Å². The average Bonchev–Trinajstić information content (AvgIpc) is 3.17. The van der Waals surface area contributed by atoms with Crippen molar-refractivity contribution < 1.29 is 9.84 Å². The maximum Gasteiger partial charge on any atom is 0.143 e. The van der Waals surface area contributed by atoms with Crippen molar-refractivity contribution in [1.29, 1.82) is 0 Å². The number of aliphatic hydroxyl groups excluding tert-OH is 1. The van der Waals surface area contributed by atoms with Crippen LogP contribution < -0.4 is 4.74 Å². The molecule has 2 aromatic rings. The van der Waals surface area contributed by atoms with E-state index < -0.39 is 6.10 Å². The molecule has 1 fully saturated rings. The molecule has 5 heteroatoms. The number of hydrogen-bond acceptors (Lipinski definition) is 3. The summed E-state index contributed by atoms with van der Waals surface area (Å²) in [5.74, 6) is 0.764. The maximum atomic E-state index is 10.4. The lowest BCUT2D eigenvalue weighted by atomic mass is 9.97. The predicted molar refractivity (Wildman–Crippen MR) is 77.6 cm³/mol. The lowest BCUT2D eigenvalue weighted by molar-refractivity contribution is 0.0617. The van der Waals surface area contributed by atoms with Crippen LogP contribution in [0, 0.1) is 0 Å². The van der Waals surface area contributed by atoms with Crippen LogP contribution in [0.1, 0.15) is 48.8 Å². The smallest absolute Gasteiger partial charge is 0.143 e. The van der Waals surface area contributed by atoms with E-state index in [1.165, 1.54) is 12.8 Å². The summed E-state index contributed by atoms with van der Waals surface area (Å²) in [5, 5.41) is 10.4. The molecule has 0 bridgehead atoms. The monoisotopic (exact) mass is 334 g/mol. The second kappa shape index (κ2) is 4.60. The van der Waals surface area contributed by atoms with Crippen LogP contribution in [-0.4, -0.2) is 14.7 Å². The Labute approximate surface area is 125 Å². The van der Waals surface area contributed by atoms with Crippen molar-refractivity contribution in [2.24, 2.45) is 0 Å². The van der Waals surface area contributed by atoms with Gasteiger partial charge in [0.15, 0.2) is 0 Å². The second-order valence-corrected chi connectivity index (χ2v) is 6.41. The highest BCUT2D eigenvalue weighted by molar-refractivity contribution is 9.10. The highest BCUT2D eigenvalue weighted by atomic mass is 79.9. The minimum Gasteiger partial charge on any atom is -0.484 e. The first kappa shape index (κ1) is 12.4. The van der Waals surface area contributed by atoms with Crippen LogP contribution in [-0.2, 0) is 0 Å². The topological polar surface area (TPSA) is 47.3 Å². The zero-order valence-corrected chi connectivity index (χ0v) is 12.5. The molecule has 0 saturated heterocycles. The van der Waals surface area contributed by atoms with Crippen molar-refractivity contribution >= 4 is 15.9 Å². The highest BCUT2D eigenvalue weighted by Crippen LogP contribution is 2.44. The standard InChI is InChI=1S/C15H15BrN2O2/c16-9-1-4-14-11(5-9)13(19)6-15(20-14)12-7-17-8-18(12)10-2-3-10/h1,4-5,7-8,10,13,15,19H,2-3,6H2/t13-,15?/m1/s1. The normalized spacial score (nSPS) is 25.1. The molecule has 1 N–H and O–H groups in total. The van der Waals surface area contributed by atoms with Crippen molar-refractivity contribution in [2.75, 3.05) is 0 Å². The summed E-state index contributed by atoms with van der Waals surface area (Å²) in [7, 11) is 0. The molecule has 1 aliphatic carbocycles. The van der Waals surface area contributed by atoms with Gasteiger partial charge in [-0.3, -0.25) is 0 Å². The number of hydrogen-bond donors (Lipinski definition) is 1. The van der Waals surface area contributed by atoms with Gasteiger partial charge in [-0.2, -0.15) is 0 Å². The number of benzene rings is 1. The Balaban J connectivity index is 1.68. The number of aromatic nitrogens is 2. The van der Waals surface area contributed by atoms with Gasteiger partial charge in [0, 0.05) is 22.5 Å². The van der Waals surface area contributed by atoms with E-state index in [4.69, 9.17) is 4.74 Å². The van der Waals surface area contributed by atoms with Gasteiger partial charge in [0.05, 0.1) is 24.3 Å². The minimum atomic E-state index is -0.496. The molecule has 2 aliphatic rings. The van der Waals surface area contributed by atoms with Crippen molar-refractivity contribution in [3.8, 4) is 5.75 Å². The number of fused-ring (bicyclic) bond motifs is 1. The summed E-state index contributed by atoms with van der Waals surface area (Å²) in [6, 6.07) is 6.34. The summed E-state index contributed by atoms with van der Waals surface area (Å²) in [4.78, 5) is 4.25. The van der Waals surface area contributed by atoms with Crippen LogP contribution >= 0.6 is 15.9 Å². The number of nitrogens with zero attached hydrogens (tertiary/aromatic N) is 2. The number of ether oxygens (including phenoxy) is 1. The third-order valence-corrected chi connectivity index (χ3v) is 4.50.